The molecule has 2 aliphatic rings. The summed E-state index contributed by atoms with van der Waals surface area (Å²) in [6.07, 6.45) is 11.3. The van der Waals surface area contributed by atoms with E-state index in [9.17, 15) is 18.8 Å². The van der Waals surface area contributed by atoms with Crippen LogP contribution in [0.25, 0.3) is 11.7 Å². The number of nitrogens with zero attached hydrogens (tertiary/aromatic N) is 5. The number of piperazine rings is 1. The monoisotopic (exact) mass is 651 g/mol. The lowest BCUT2D eigenvalue weighted by Crippen LogP contribution is -2.47. The zero-order chi connectivity index (χ0) is 31.8. The van der Waals surface area contributed by atoms with Crippen LogP contribution in [0.3, 0.4) is 0 Å². The first-order valence-electron chi connectivity index (χ1n) is 15.6. The fourth-order valence-electron chi connectivity index (χ4n) is 5.72. The highest BCUT2D eigenvalue weighted by Gasteiger charge is 2.33. The molecule has 2 aromatic heterocycles. The molecule has 238 valence electrons. The number of aliphatic carboxylic acids is 1. The van der Waals surface area contributed by atoms with Crippen molar-refractivity contribution < 1.29 is 19.1 Å². The molecule has 0 radical (unpaired) electrons. The molecule has 1 N–H and O–H groups in total. The van der Waals surface area contributed by atoms with Crippen molar-refractivity contribution in [3.05, 3.63) is 75.3 Å². The molecule has 2 fully saturated rings. The average Bonchev–Trinajstić information content (AvgIpc) is 3.30. The molecule has 2 aliphatic heterocycles. The van der Waals surface area contributed by atoms with Crippen molar-refractivity contribution in [2.75, 3.05) is 42.5 Å². The number of carbonyl (C=O) groups is 2. The molecule has 5 rings (SSSR count). The second-order valence-electron chi connectivity index (χ2n) is 11.3. The largest absolute Gasteiger partial charge is 0.481 e. The number of thioether (sulfide) groups is 1. The molecule has 1 aromatic carbocycles. The fraction of sp³-hybridized carbons (Fsp3) is 0.424. The maximum atomic E-state index is 13.8. The van der Waals surface area contributed by atoms with E-state index in [0.717, 1.165) is 57.1 Å². The molecule has 3 aromatic rings. The third kappa shape index (κ3) is 8.29. The summed E-state index contributed by atoms with van der Waals surface area (Å²) in [4.78, 5) is 49.0. The van der Waals surface area contributed by atoms with Gasteiger partial charge in [-0.3, -0.25) is 23.7 Å². The van der Waals surface area contributed by atoms with Crippen LogP contribution in [0.1, 0.15) is 63.4 Å². The molecule has 0 bridgehead atoms. The van der Waals surface area contributed by atoms with Gasteiger partial charge in [0, 0.05) is 51.0 Å². The van der Waals surface area contributed by atoms with Gasteiger partial charge < -0.3 is 14.9 Å². The number of carbonyl (C=O) groups excluding carboxylic acids is 1. The van der Waals surface area contributed by atoms with Crippen LogP contribution in [0.15, 0.2) is 58.4 Å². The quantitative estimate of drug-likeness (QED) is 0.129. The summed E-state index contributed by atoms with van der Waals surface area (Å²) in [5, 5.41) is 8.72. The number of fused-ring (bicyclic) bond motifs is 1. The smallest absolute Gasteiger partial charge is 0.303 e. The van der Waals surface area contributed by atoms with Crippen molar-refractivity contribution in [2.24, 2.45) is 0 Å². The van der Waals surface area contributed by atoms with Crippen molar-refractivity contribution in [1.82, 2.24) is 14.3 Å². The van der Waals surface area contributed by atoms with E-state index in [-0.39, 0.29) is 23.7 Å². The molecule has 2 saturated heterocycles. The molecule has 9 nitrogen and oxygen atoms in total. The first kappa shape index (κ1) is 32.6. The number of hydrogen-bond acceptors (Lipinski definition) is 8. The molecule has 0 unspecified atom stereocenters. The standard InChI is InChI=1S/C33H38FN5O4S2/c34-24-13-15-25(16-14-24)36-19-21-37(22-20-36)30-26(31(42)38-17-10-8-11-28(38)35-30)23-27-32(43)39(33(44)45-27)18-9-6-4-2-1-3-5-7-12-29(40)41/h8,10-11,13-17,23H,1-7,9,12,18-22H2,(H,40,41). The van der Waals surface area contributed by atoms with Gasteiger partial charge in [-0.15, -0.1) is 0 Å². The second-order valence-corrected chi connectivity index (χ2v) is 13.0. The second kappa shape index (κ2) is 15.5. The summed E-state index contributed by atoms with van der Waals surface area (Å²) < 4.78 is 15.4. The van der Waals surface area contributed by atoms with Crippen molar-refractivity contribution in [1.29, 1.82) is 0 Å². The number of carboxylic acid groups (broad SMARTS) is 1. The Morgan fingerprint density at radius 3 is 2.24 bits per heavy atom. The minimum absolute atomic E-state index is 0.187. The fourth-order valence-corrected chi connectivity index (χ4v) is 7.01. The number of halogens is 1. The summed E-state index contributed by atoms with van der Waals surface area (Å²) in [6, 6.07) is 11.9. The van der Waals surface area contributed by atoms with Gasteiger partial charge in [-0.25, -0.2) is 9.37 Å². The van der Waals surface area contributed by atoms with E-state index < -0.39 is 5.97 Å². The molecule has 12 heteroatoms. The van der Waals surface area contributed by atoms with Crippen LogP contribution in [0.4, 0.5) is 15.9 Å². The first-order chi connectivity index (χ1) is 21.8. The van der Waals surface area contributed by atoms with E-state index in [0.29, 0.717) is 59.0 Å². The first-order valence-corrected chi connectivity index (χ1v) is 16.8. The highest BCUT2D eigenvalue weighted by molar-refractivity contribution is 8.26. The Hall–Kier alpha value is -3.77. The topological polar surface area (TPSA) is 98.5 Å². The van der Waals surface area contributed by atoms with Crippen molar-refractivity contribution in [3.8, 4) is 0 Å². The van der Waals surface area contributed by atoms with E-state index in [1.165, 1.54) is 28.3 Å². The van der Waals surface area contributed by atoms with Gasteiger partial charge in [0.05, 0.1) is 10.5 Å². The number of pyridine rings is 1. The predicted molar refractivity (Wildman–Crippen MR) is 181 cm³/mol. The van der Waals surface area contributed by atoms with Gasteiger partial charge in [0.15, 0.2) is 0 Å². The van der Waals surface area contributed by atoms with E-state index in [2.05, 4.69) is 9.80 Å². The lowest BCUT2D eigenvalue weighted by atomic mass is 10.1. The predicted octanol–water partition coefficient (Wildman–Crippen LogP) is 5.96. The van der Waals surface area contributed by atoms with Crippen LogP contribution in [-0.2, 0) is 9.59 Å². The molecular weight excluding hydrogens is 614 g/mol. The molecule has 0 saturated carbocycles. The number of benzene rings is 1. The minimum atomic E-state index is -0.736. The van der Waals surface area contributed by atoms with Crippen molar-refractivity contribution >= 4 is 63.4 Å². The Balaban J connectivity index is 1.23. The summed E-state index contributed by atoms with van der Waals surface area (Å²) in [6.45, 7) is 3.10. The van der Waals surface area contributed by atoms with E-state index in [1.54, 1.807) is 41.4 Å². The third-order valence-corrected chi connectivity index (χ3v) is 9.57. The number of anilines is 2. The zero-order valence-electron chi connectivity index (χ0n) is 25.2. The molecule has 0 spiro atoms. The summed E-state index contributed by atoms with van der Waals surface area (Å²) >= 11 is 6.79. The van der Waals surface area contributed by atoms with E-state index in [1.807, 2.05) is 6.07 Å². The Morgan fingerprint density at radius 2 is 1.56 bits per heavy atom. The number of aromatic nitrogens is 2. The number of thiocarbonyl (C=S) groups is 1. The maximum absolute atomic E-state index is 13.8. The highest BCUT2D eigenvalue weighted by Crippen LogP contribution is 2.34. The van der Waals surface area contributed by atoms with Crippen LogP contribution < -0.4 is 15.4 Å². The highest BCUT2D eigenvalue weighted by atomic mass is 32.2. The SMILES string of the molecule is O=C(O)CCCCCCCCCCN1C(=O)C(=Cc2c(N3CCN(c4ccc(F)cc4)CC3)nc3ccccn3c2=O)SC1=S. The summed E-state index contributed by atoms with van der Waals surface area (Å²) in [7, 11) is 0. The number of rotatable bonds is 14. The molecule has 4 heterocycles. The number of hydrogen-bond donors (Lipinski definition) is 1. The van der Waals surface area contributed by atoms with Crippen LogP contribution in [0.2, 0.25) is 0 Å². The third-order valence-electron chi connectivity index (χ3n) is 8.19. The van der Waals surface area contributed by atoms with Crippen LogP contribution >= 0.6 is 24.0 Å². The van der Waals surface area contributed by atoms with Gasteiger partial charge in [0.1, 0.15) is 21.6 Å². The van der Waals surface area contributed by atoms with Gasteiger partial charge in [-0.05, 0) is 55.3 Å². The van der Waals surface area contributed by atoms with Crippen LogP contribution in [-0.4, -0.2) is 68.3 Å². The van der Waals surface area contributed by atoms with Crippen LogP contribution in [0.5, 0.6) is 0 Å². The lowest BCUT2D eigenvalue weighted by Gasteiger charge is -2.37. The van der Waals surface area contributed by atoms with E-state index in [4.69, 9.17) is 22.3 Å². The zero-order valence-corrected chi connectivity index (χ0v) is 26.8. The molecule has 45 heavy (non-hydrogen) atoms. The number of carboxylic acids is 1. The molecule has 0 aliphatic carbocycles. The number of unbranched alkanes of at least 4 members (excludes halogenated alkanes) is 7. The van der Waals surface area contributed by atoms with Gasteiger partial charge in [0.2, 0.25) is 0 Å². The molecule has 0 atom stereocenters. The average molecular weight is 652 g/mol. The van der Waals surface area contributed by atoms with Gasteiger partial charge in [-0.1, -0.05) is 68.6 Å². The van der Waals surface area contributed by atoms with Gasteiger partial charge in [0.25, 0.3) is 11.5 Å². The Labute approximate surface area is 271 Å². The van der Waals surface area contributed by atoms with Gasteiger partial charge in [-0.2, -0.15) is 0 Å². The maximum Gasteiger partial charge on any atom is 0.303 e. The minimum Gasteiger partial charge on any atom is -0.481 e. The summed E-state index contributed by atoms with van der Waals surface area (Å²) in [5.74, 6) is -0.654. The molecular formula is C33H38FN5O4S2. The lowest BCUT2D eigenvalue weighted by molar-refractivity contribution is -0.137. The van der Waals surface area contributed by atoms with Crippen molar-refractivity contribution in [2.45, 2.75) is 57.8 Å². The Kier molecular flexibility index (Phi) is 11.2. The van der Waals surface area contributed by atoms with Crippen molar-refractivity contribution in [3.63, 3.8) is 0 Å². The molecule has 1 amide bonds. The van der Waals surface area contributed by atoms with E-state index >= 15 is 0 Å². The Bertz CT molecular complexity index is 1620. The Morgan fingerprint density at radius 1 is 0.911 bits per heavy atom. The number of amides is 1. The van der Waals surface area contributed by atoms with Gasteiger partial charge >= 0.3 is 5.97 Å². The van der Waals surface area contributed by atoms with Crippen LogP contribution in [0, 0.1) is 5.82 Å². The normalized spacial score (nSPS) is 16.4. The summed E-state index contributed by atoms with van der Waals surface area (Å²) in [5.41, 5.74) is 1.59.